The average molecular weight is 381 g/mol. The minimum atomic E-state index is -5.39. The van der Waals surface area contributed by atoms with Crippen LogP contribution in [0.4, 0.5) is 5.69 Å². The van der Waals surface area contributed by atoms with E-state index in [0.29, 0.717) is 0 Å². The first-order chi connectivity index (χ1) is 10.8. The van der Waals surface area contributed by atoms with Crippen molar-refractivity contribution in [3.63, 3.8) is 0 Å². The summed E-state index contributed by atoms with van der Waals surface area (Å²) in [6.07, 6.45) is 0. The topological polar surface area (TPSA) is 116 Å². The van der Waals surface area contributed by atoms with E-state index in [1.54, 1.807) is 0 Å². The van der Waals surface area contributed by atoms with Gasteiger partial charge >= 0.3 is 135 Å². The predicted octanol–water partition coefficient (Wildman–Crippen LogP) is 0.491. The van der Waals surface area contributed by atoms with Gasteiger partial charge in [-0.1, -0.05) is 0 Å². The number of benzene rings is 2. The number of aromatic hydroxyl groups is 1. The van der Waals surface area contributed by atoms with E-state index >= 15 is 0 Å². The summed E-state index contributed by atoms with van der Waals surface area (Å²) in [7, 11) is 0. The van der Waals surface area contributed by atoms with Gasteiger partial charge in [-0.05, 0) is 0 Å². The van der Waals surface area contributed by atoms with Gasteiger partial charge in [0.2, 0.25) is 0 Å². The van der Waals surface area contributed by atoms with Crippen molar-refractivity contribution < 1.29 is 26.6 Å². The second-order valence-corrected chi connectivity index (χ2v) is 8.13. The molecule has 0 saturated heterocycles. The Morgan fingerprint density at radius 3 is 2.43 bits per heavy atom. The molecule has 2 rings (SSSR count). The molecule has 0 aliphatic carbocycles. The monoisotopic (exact) mass is 381 g/mol. The molecule has 0 aromatic heterocycles. The fraction of sp³-hybridized carbons (Fsp3) is 0.133. The predicted molar refractivity (Wildman–Crippen MR) is 83.7 cm³/mol. The number of phenols is 1. The van der Waals surface area contributed by atoms with Gasteiger partial charge in [0.1, 0.15) is 0 Å². The van der Waals surface area contributed by atoms with Gasteiger partial charge in [0, 0.05) is 0 Å². The van der Waals surface area contributed by atoms with Crippen LogP contribution in [0.3, 0.4) is 0 Å². The molecule has 122 valence electrons. The summed E-state index contributed by atoms with van der Waals surface area (Å²) < 4.78 is 35.3. The molecule has 7 nitrogen and oxygen atoms in total. The molecule has 2 aromatic rings. The summed E-state index contributed by atoms with van der Waals surface area (Å²) in [4.78, 5) is 11.2. The number of phenolic OH excluding ortho intramolecular Hbond substituents is 1. The van der Waals surface area contributed by atoms with E-state index in [9.17, 15) is 21.8 Å². The van der Waals surface area contributed by atoms with Crippen molar-refractivity contribution in [3.05, 3.63) is 48.0 Å². The number of anilines is 1. The SMILES string of the molecule is CC(=O)Nc1cc(OCc2ccccc2)cc([As](=O)(O)O)c1O. The van der Waals surface area contributed by atoms with Crippen molar-refractivity contribution >= 4 is 30.1 Å². The summed E-state index contributed by atoms with van der Waals surface area (Å²) in [5, 5.41) is 12.3. The molecule has 0 bridgehead atoms. The Labute approximate surface area is 135 Å². The fourth-order valence-electron chi connectivity index (χ4n) is 1.92. The molecule has 0 aliphatic rings. The number of hydrogen-bond acceptors (Lipinski definition) is 4. The maximum atomic E-state index is 11.5. The molecule has 0 saturated carbocycles. The van der Waals surface area contributed by atoms with E-state index in [2.05, 4.69) is 5.32 Å². The summed E-state index contributed by atoms with van der Waals surface area (Å²) in [6.45, 7) is 1.40. The van der Waals surface area contributed by atoms with E-state index in [-0.39, 0.29) is 18.0 Å². The number of carbonyl (C=O) groups excluding carboxylic acids is 1. The first kappa shape index (κ1) is 17.1. The van der Waals surface area contributed by atoms with Crippen LogP contribution in [0.5, 0.6) is 11.5 Å². The summed E-state index contributed by atoms with van der Waals surface area (Å²) in [6, 6.07) is 11.6. The first-order valence-corrected chi connectivity index (χ1v) is 10.0. The zero-order valence-electron chi connectivity index (χ0n) is 12.3. The second kappa shape index (κ2) is 6.91. The zero-order valence-corrected chi connectivity index (χ0v) is 14.1. The molecule has 4 N–H and O–H groups in total. The van der Waals surface area contributed by atoms with Crippen LogP contribution in [-0.2, 0) is 15.1 Å². The van der Waals surface area contributed by atoms with Crippen LogP contribution in [0.15, 0.2) is 42.5 Å². The van der Waals surface area contributed by atoms with Gasteiger partial charge in [-0.2, -0.15) is 0 Å². The normalized spacial score (nSPS) is 11.1. The average Bonchev–Trinajstić information content (AvgIpc) is 2.47. The Morgan fingerprint density at radius 1 is 1.22 bits per heavy atom. The molecule has 1 amide bonds. The van der Waals surface area contributed by atoms with Crippen LogP contribution in [0.25, 0.3) is 0 Å². The molecular weight excluding hydrogens is 365 g/mol. The van der Waals surface area contributed by atoms with Gasteiger partial charge in [0.25, 0.3) is 0 Å². The van der Waals surface area contributed by atoms with Crippen LogP contribution in [0, 0.1) is 0 Å². The second-order valence-electron chi connectivity index (χ2n) is 4.84. The molecule has 0 spiro atoms. The van der Waals surface area contributed by atoms with Gasteiger partial charge in [-0.25, -0.2) is 0 Å². The number of carbonyl (C=O) groups is 1. The van der Waals surface area contributed by atoms with Crippen molar-refractivity contribution in [2.24, 2.45) is 0 Å². The molecule has 0 aliphatic heterocycles. The van der Waals surface area contributed by atoms with Crippen molar-refractivity contribution in [2.75, 3.05) is 5.32 Å². The summed E-state index contributed by atoms with van der Waals surface area (Å²) in [5.41, 5.74) is 0.757. The van der Waals surface area contributed by atoms with Crippen molar-refractivity contribution in [3.8, 4) is 11.5 Å². The maximum absolute atomic E-state index is 11.5. The summed E-state index contributed by atoms with van der Waals surface area (Å²) in [5.74, 6) is -1.00. The Morgan fingerprint density at radius 2 is 1.87 bits per heavy atom. The molecule has 0 fully saturated rings. The van der Waals surface area contributed by atoms with Crippen molar-refractivity contribution in [1.82, 2.24) is 0 Å². The van der Waals surface area contributed by atoms with E-state index in [4.69, 9.17) is 4.74 Å². The number of amides is 1. The number of nitrogens with one attached hydrogen (secondary N) is 1. The fourth-order valence-corrected chi connectivity index (χ4v) is 3.38. The standard InChI is InChI=1S/C15H16AsNO6/c1-10(18)17-14-8-12(7-13(15(14)19)16(20,21)22)23-9-11-5-3-2-4-6-11/h2-8,19H,9H2,1H3,(H,17,18)(H2,20,21,22). The molecule has 0 atom stereocenters. The zero-order chi connectivity index (χ0) is 17.0. The Kier molecular flexibility index (Phi) is 5.15. The van der Waals surface area contributed by atoms with Crippen molar-refractivity contribution in [1.29, 1.82) is 0 Å². The van der Waals surface area contributed by atoms with Crippen LogP contribution in [-0.4, -0.2) is 33.4 Å². The van der Waals surface area contributed by atoms with Gasteiger partial charge < -0.3 is 0 Å². The van der Waals surface area contributed by atoms with E-state index < -0.39 is 30.2 Å². The van der Waals surface area contributed by atoms with Crippen molar-refractivity contribution in [2.45, 2.75) is 13.5 Å². The Bertz CT molecular complexity index is 756. The van der Waals surface area contributed by atoms with Gasteiger partial charge in [0.15, 0.2) is 0 Å². The van der Waals surface area contributed by atoms with Gasteiger partial charge in [-0.15, -0.1) is 0 Å². The van der Waals surface area contributed by atoms with Crippen LogP contribution in [0.2, 0.25) is 0 Å². The Hall–Kier alpha value is -2.21. The van der Waals surface area contributed by atoms with Crippen LogP contribution < -0.4 is 14.4 Å². The first-order valence-electron chi connectivity index (χ1n) is 6.65. The van der Waals surface area contributed by atoms with Crippen LogP contribution in [0.1, 0.15) is 12.5 Å². The molecular formula is C15H16AsNO6. The molecule has 23 heavy (non-hydrogen) atoms. The van der Waals surface area contributed by atoms with Gasteiger partial charge in [0.05, 0.1) is 0 Å². The third-order valence-corrected chi connectivity index (χ3v) is 4.97. The number of hydrogen-bond donors (Lipinski definition) is 4. The van der Waals surface area contributed by atoms with E-state index in [1.807, 2.05) is 30.3 Å². The minimum absolute atomic E-state index is 0.109. The third kappa shape index (κ3) is 4.63. The van der Waals surface area contributed by atoms with E-state index in [1.165, 1.54) is 13.0 Å². The number of ether oxygens (including phenoxy) is 1. The molecule has 0 unspecified atom stereocenters. The molecule has 0 radical (unpaired) electrons. The summed E-state index contributed by atoms with van der Waals surface area (Å²) >= 11 is -5.39. The molecule has 8 heteroatoms. The molecule has 2 aromatic carbocycles. The third-order valence-electron chi connectivity index (χ3n) is 2.94. The Balaban J connectivity index is 2.35. The van der Waals surface area contributed by atoms with E-state index in [0.717, 1.165) is 11.6 Å². The van der Waals surface area contributed by atoms with Crippen LogP contribution >= 0.6 is 0 Å². The van der Waals surface area contributed by atoms with Gasteiger partial charge in [-0.3, -0.25) is 0 Å². The quantitative estimate of drug-likeness (QED) is 0.443. The molecule has 0 heterocycles. The number of rotatable bonds is 5.